The number of nitrogens with zero attached hydrogens (tertiary/aromatic N) is 1. The molecule has 24 heavy (non-hydrogen) atoms. The Balaban J connectivity index is 2.39. The Morgan fingerprint density at radius 2 is 2.08 bits per heavy atom. The molecule has 0 aromatic heterocycles. The lowest BCUT2D eigenvalue weighted by Gasteiger charge is -2.16. The van der Waals surface area contributed by atoms with E-state index in [9.17, 15) is 0 Å². The number of hydrogen-bond donors (Lipinski definition) is 4. The molecule has 1 heterocycles. The molecule has 3 atom stereocenters. The van der Waals surface area contributed by atoms with Crippen molar-refractivity contribution >= 4 is 12.1 Å². The largest absolute Gasteiger partial charge is 0.394 e. The van der Waals surface area contributed by atoms with Gasteiger partial charge in [-0.2, -0.15) is 0 Å². The van der Waals surface area contributed by atoms with Gasteiger partial charge < -0.3 is 21.3 Å². The number of amidine groups is 1. The molecule has 0 aliphatic carbocycles. The minimum absolute atomic E-state index is 0.0198. The summed E-state index contributed by atoms with van der Waals surface area (Å²) in [5, 5.41) is 16.5. The van der Waals surface area contributed by atoms with Gasteiger partial charge in [0.05, 0.1) is 30.2 Å². The molecule has 0 bridgehead atoms. The zero-order valence-corrected chi connectivity index (χ0v) is 14.7. The number of aliphatic hydroxyl groups excluding tert-OH is 1. The molecule has 0 spiro atoms. The van der Waals surface area contributed by atoms with Crippen molar-refractivity contribution in [2.24, 2.45) is 22.4 Å². The molecule has 1 saturated heterocycles. The number of allylic oxidation sites excluding steroid dienone is 2. The normalized spacial score (nSPS) is 23.2. The molecule has 0 aromatic rings. The Hall–Kier alpha value is -1.66. The van der Waals surface area contributed by atoms with E-state index in [0.717, 1.165) is 38.5 Å². The topological polar surface area (TPSA) is 118 Å². The molecule has 1 unspecified atom stereocenters. The maximum atomic E-state index is 9.11. The molecule has 1 aliphatic heterocycles. The molecule has 1 aliphatic rings. The van der Waals surface area contributed by atoms with Crippen molar-refractivity contribution in [2.45, 2.75) is 64.1 Å². The zero-order chi connectivity index (χ0) is 17.9. The quantitative estimate of drug-likeness (QED) is 0.263. The van der Waals surface area contributed by atoms with E-state index in [2.05, 4.69) is 11.6 Å². The first-order valence-electron chi connectivity index (χ1n) is 8.72. The van der Waals surface area contributed by atoms with E-state index in [1.807, 2.05) is 13.0 Å². The third kappa shape index (κ3) is 6.84. The molecule has 0 saturated carbocycles. The predicted octanol–water partition coefficient (Wildman–Crippen LogP) is 2.48. The fourth-order valence-electron chi connectivity index (χ4n) is 3.02. The Morgan fingerprint density at radius 3 is 2.62 bits per heavy atom. The van der Waals surface area contributed by atoms with Crippen LogP contribution in [0.3, 0.4) is 0 Å². The molecule has 0 radical (unpaired) electrons. The SMILES string of the molecule is C=CC(CCCC(/N=C\C)=C(\N)C(=N)N)CC[C@H]1CC[C@@H](CO)O1. The second-order valence-corrected chi connectivity index (χ2v) is 6.27. The van der Waals surface area contributed by atoms with E-state index in [0.29, 0.717) is 18.0 Å². The summed E-state index contributed by atoms with van der Waals surface area (Å²) in [5.41, 5.74) is 12.2. The Kier molecular flexibility index (Phi) is 9.34. The number of hydrogen-bond acceptors (Lipinski definition) is 5. The van der Waals surface area contributed by atoms with Crippen LogP contribution in [0.2, 0.25) is 0 Å². The third-order valence-corrected chi connectivity index (χ3v) is 4.47. The van der Waals surface area contributed by atoms with Crippen LogP contribution in [-0.2, 0) is 4.74 Å². The van der Waals surface area contributed by atoms with Gasteiger partial charge in [0, 0.05) is 6.21 Å². The van der Waals surface area contributed by atoms with E-state index >= 15 is 0 Å². The molecule has 0 aromatic carbocycles. The molecule has 6 heteroatoms. The highest BCUT2D eigenvalue weighted by atomic mass is 16.5. The van der Waals surface area contributed by atoms with Gasteiger partial charge in [-0.25, -0.2) is 0 Å². The lowest BCUT2D eigenvalue weighted by atomic mass is 9.94. The van der Waals surface area contributed by atoms with E-state index in [-0.39, 0.29) is 30.3 Å². The van der Waals surface area contributed by atoms with Crippen molar-refractivity contribution in [1.82, 2.24) is 0 Å². The molecule has 1 rings (SSSR count). The van der Waals surface area contributed by atoms with Crippen molar-refractivity contribution in [3.63, 3.8) is 0 Å². The number of nitrogens with one attached hydrogen (secondary N) is 1. The first kappa shape index (κ1) is 20.4. The molecule has 136 valence electrons. The van der Waals surface area contributed by atoms with Crippen LogP contribution in [0.5, 0.6) is 0 Å². The second kappa shape index (κ2) is 11.0. The van der Waals surface area contributed by atoms with Crippen LogP contribution in [0.4, 0.5) is 0 Å². The number of ether oxygens (including phenoxy) is 1. The lowest BCUT2D eigenvalue weighted by molar-refractivity contribution is 0.00662. The molecular weight excluding hydrogens is 304 g/mol. The maximum Gasteiger partial charge on any atom is 0.140 e. The van der Waals surface area contributed by atoms with Gasteiger partial charge >= 0.3 is 0 Å². The van der Waals surface area contributed by atoms with E-state index in [4.69, 9.17) is 26.7 Å². The van der Waals surface area contributed by atoms with E-state index in [1.165, 1.54) is 0 Å². The summed E-state index contributed by atoms with van der Waals surface area (Å²) in [6.07, 6.45) is 10.6. The van der Waals surface area contributed by atoms with Crippen molar-refractivity contribution < 1.29 is 9.84 Å². The van der Waals surface area contributed by atoms with Crippen molar-refractivity contribution in [2.75, 3.05) is 6.61 Å². The van der Waals surface area contributed by atoms with Crippen molar-refractivity contribution in [3.8, 4) is 0 Å². The van der Waals surface area contributed by atoms with Gasteiger partial charge in [0.2, 0.25) is 0 Å². The molecular formula is C18H32N4O2. The smallest absolute Gasteiger partial charge is 0.140 e. The van der Waals surface area contributed by atoms with Crippen LogP contribution < -0.4 is 11.5 Å². The van der Waals surface area contributed by atoms with Crippen LogP contribution in [-0.4, -0.2) is 36.0 Å². The van der Waals surface area contributed by atoms with Gasteiger partial charge in [0.1, 0.15) is 5.84 Å². The van der Waals surface area contributed by atoms with Gasteiger partial charge in [-0.15, -0.1) is 6.58 Å². The summed E-state index contributed by atoms with van der Waals surface area (Å²) < 4.78 is 5.77. The van der Waals surface area contributed by atoms with Gasteiger partial charge in [-0.1, -0.05) is 6.08 Å². The predicted molar refractivity (Wildman–Crippen MR) is 99.0 cm³/mol. The Morgan fingerprint density at radius 1 is 1.38 bits per heavy atom. The summed E-state index contributed by atoms with van der Waals surface area (Å²) in [6.45, 7) is 5.87. The molecule has 6 N–H and O–H groups in total. The van der Waals surface area contributed by atoms with E-state index < -0.39 is 0 Å². The first-order chi connectivity index (χ1) is 11.5. The van der Waals surface area contributed by atoms with Crippen LogP contribution >= 0.6 is 0 Å². The van der Waals surface area contributed by atoms with Crippen molar-refractivity contribution in [1.29, 1.82) is 5.41 Å². The average Bonchev–Trinajstić information content (AvgIpc) is 3.04. The number of aliphatic imine (C=N–C) groups is 1. The highest BCUT2D eigenvalue weighted by Gasteiger charge is 2.24. The Labute approximate surface area is 145 Å². The molecule has 6 nitrogen and oxygen atoms in total. The lowest BCUT2D eigenvalue weighted by Crippen LogP contribution is -2.21. The minimum atomic E-state index is -0.132. The highest BCUT2D eigenvalue weighted by molar-refractivity contribution is 5.94. The Bertz CT molecular complexity index is 474. The number of rotatable bonds is 11. The van der Waals surface area contributed by atoms with Crippen LogP contribution in [0, 0.1) is 11.3 Å². The summed E-state index contributed by atoms with van der Waals surface area (Å²) >= 11 is 0. The van der Waals surface area contributed by atoms with Crippen molar-refractivity contribution in [3.05, 3.63) is 24.0 Å². The zero-order valence-electron chi connectivity index (χ0n) is 14.7. The summed E-state index contributed by atoms with van der Waals surface area (Å²) in [5.74, 6) is 0.292. The summed E-state index contributed by atoms with van der Waals surface area (Å²) in [6, 6.07) is 0. The van der Waals surface area contributed by atoms with Gasteiger partial charge in [-0.3, -0.25) is 10.4 Å². The number of aliphatic hydroxyl groups is 1. The second-order valence-electron chi connectivity index (χ2n) is 6.27. The standard InChI is InChI=1S/C18H32N4O2/c1-3-13(8-9-14-10-11-15(12-23)24-14)6-5-7-16(22-4-2)17(19)18(20)21/h3-4,13-15,23H,1,5-12,19H2,2H3,(H3,20,21)/b17-16+,22-4-/t13?,14-,15-/m0/s1. The van der Waals surface area contributed by atoms with Gasteiger partial charge in [0.15, 0.2) is 0 Å². The minimum Gasteiger partial charge on any atom is -0.394 e. The fraction of sp³-hybridized carbons (Fsp3) is 0.667. The van der Waals surface area contributed by atoms with Gasteiger partial charge in [-0.05, 0) is 57.8 Å². The molecule has 0 amide bonds. The maximum absolute atomic E-state index is 9.11. The van der Waals surface area contributed by atoms with Gasteiger partial charge in [0.25, 0.3) is 0 Å². The van der Waals surface area contributed by atoms with E-state index in [1.54, 1.807) is 6.21 Å². The summed E-state index contributed by atoms with van der Waals surface area (Å²) in [7, 11) is 0. The monoisotopic (exact) mass is 336 g/mol. The van der Waals surface area contributed by atoms with Crippen LogP contribution in [0.1, 0.15) is 51.9 Å². The highest BCUT2D eigenvalue weighted by Crippen LogP contribution is 2.26. The average molecular weight is 336 g/mol. The number of nitrogens with two attached hydrogens (primary N) is 2. The van der Waals surface area contributed by atoms with Crippen LogP contribution in [0.15, 0.2) is 29.0 Å². The third-order valence-electron chi connectivity index (χ3n) is 4.47. The molecule has 1 fully saturated rings. The van der Waals surface area contributed by atoms with Crippen LogP contribution in [0.25, 0.3) is 0 Å². The fourth-order valence-corrected chi connectivity index (χ4v) is 3.02. The summed E-state index contributed by atoms with van der Waals surface area (Å²) in [4.78, 5) is 4.23. The first-order valence-corrected chi connectivity index (χ1v) is 8.72.